The zero-order valence-corrected chi connectivity index (χ0v) is 15.1. The van der Waals surface area contributed by atoms with Crippen molar-refractivity contribution in [2.45, 2.75) is 25.5 Å². The van der Waals surface area contributed by atoms with E-state index in [0.717, 1.165) is 0 Å². The number of likely N-dealkylation sites (N-methyl/N-ethyl adjacent to an activating group) is 1. The lowest BCUT2D eigenvalue weighted by Crippen LogP contribution is -2.48. The van der Waals surface area contributed by atoms with E-state index in [-0.39, 0.29) is 24.7 Å². The first-order valence-electron chi connectivity index (χ1n) is 8.36. The van der Waals surface area contributed by atoms with Crippen LogP contribution in [-0.2, 0) is 25.4 Å². The van der Waals surface area contributed by atoms with E-state index in [1.807, 2.05) is 6.07 Å². The number of hydrogen-bond acceptors (Lipinski definition) is 4. The van der Waals surface area contributed by atoms with Gasteiger partial charge >= 0.3 is 5.97 Å². The molecule has 1 aliphatic rings. The van der Waals surface area contributed by atoms with E-state index in [1.54, 1.807) is 31.2 Å². The normalized spacial score (nSPS) is 18.7. The number of carboxylic acids is 1. The molecule has 1 aromatic carbocycles. The second-order valence-electron chi connectivity index (χ2n) is 6.19. The van der Waals surface area contributed by atoms with Crippen LogP contribution in [0.3, 0.4) is 0 Å². The summed E-state index contributed by atoms with van der Waals surface area (Å²) in [5, 5.41) is 8.91. The SMILES string of the molecule is CCN(CC(=O)O)C(=O)C1CCCN(S(=O)(=O)Cc2ccccc2)C1. The smallest absolute Gasteiger partial charge is 0.323 e. The average Bonchev–Trinajstić information content (AvgIpc) is 2.59. The van der Waals surface area contributed by atoms with Crippen LogP contribution in [0, 0.1) is 5.92 Å². The maximum atomic E-state index is 12.6. The van der Waals surface area contributed by atoms with Crippen molar-refractivity contribution in [1.29, 1.82) is 0 Å². The number of sulfonamides is 1. The second-order valence-corrected chi connectivity index (χ2v) is 8.15. The van der Waals surface area contributed by atoms with Crippen molar-refractivity contribution in [1.82, 2.24) is 9.21 Å². The number of carboxylic acid groups (broad SMARTS) is 1. The molecule has 1 heterocycles. The van der Waals surface area contributed by atoms with E-state index in [2.05, 4.69) is 0 Å². The number of benzene rings is 1. The number of piperidine rings is 1. The molecule has 25 heavy (non-hydrogen) atoms. The van der Waals surface area contributed by atoms with Gasteiger partial charge in [0, 0.05) is 19.6 Å². The summed E-state index contributed by atoms with van der Waals surface area (Å²) in [4.78, 5) is 24.7. The fraction of sp³-hybridized carbons (Fsp3) is 0.529. The molecule has 1 aliphatic heterocycles. The van der Waals surface area contributed by atoms with Gasteiger partial charge in [-0.15, -0.1) is 0 Å². The summed E-state index contributed by atoms with van der Waals surface area (Å²) < 4.78 is 26.7. The Morgan fingerprint density at radius 2 is 1.96 bits per heavy atom. The van der Waals surface area contributed by atoms with Crippen LogP contribution in [0.25, 0.3) is 0 Å². The van der Waals surface area contributed by atoms with Crippen LogP contribution >= 0.6 is 0 Å². The summed E-state index contributed by atoms with van der Waals surface area (Å²) in [5.41, 5.74) is 0.706. The van der Waals surface area contributed by atoms with Crippen LogP contribution in [0.2, 0.25) is 0 Å². The number of hydrogen-bond donors (Lipinski definition) is 1. The first-order chi connectivity index (χ1) is 11.8. The van der Waals surface area contributed by atoms with E-state index >= 15 is 0 Å². The van der Waals surface area contributed by atoms with Crippen LogP contribution in [0.4, 0.5) is 0 Å². The Morgan fingerprint density at radius 3 is 2.56 bits per heavy atom. The van der Waals surface area contributed by atoms with Crippen molar-refractivity contribution in [3.63, 3.8) is 0 Å². The Morgan fingerprint density at radius 1 is 1.28 bits per heavy atom. The largest absolute Gasteiger partial charge is 0.480 e. The summed E-state index contributed by atoms with van der Waals surface area (Å²) in [5.74, 6) is -1.94. The van der Waals surface area contributed by atoms with Crippen LogP contribution in [0.5, 0.6) is 0 Å². The molecule has 0 radical (unpaired) electrons. The number of nitrogens with zero attached hydrogens (tertiary/aromatic N) is 2. The number of rotatable bonds is 7. The van der Waals surface area contributed by atoms with Gasteiger partial charge in [0.25, 0.3) is 0 Å². The number of amides is 1. The van der Waals surface area contributed by atoms with E-state index in [1.165, 1.54) is 9.21 Å². The lowest BCUT2D eigenvalue weighted by atomic mass is 9.98. The molecule has 1 amide bonds. The average molecular weight is 368 g/mol. The van der Waals surface area contributed by atoms with E-state index in [0.29, 0.717) is 31.5 Å². The second kappa shape index (κ2) is 8.44. The molecule has 1 atom stereocenters. The van der Waals surface area contributed by atoms with E-state index in [4.69, 9.17) is 5.11 Å². The fourth-order valence-electron chi connectivity index (χ4n) is 3.04. The molecule has 8 heteroatoms. The summed E-state index contributed by atoms with van der Waals surface area (Å²) in [6.07, 6.45) is 1.17. The van der Waals surface area contributed by atoms with E-state index in [9.17, 15) is 18.0 Å². The molecule has 0 saturated carbocycles. The van der Waals surface area contributed by atoms with Gasteiger partial charge in [0.1, 0.15) is 6.54 Å². The molecule has 138 valence electrons. The summed E-state index contributed by atoms with van der Waals surface area (Å²) in [6, 6.07) is 8.93. The Hall–Kier alpha value is -1.93. The van der Waals surface area contributed by atoms with Gasteiger partial charge in [-0.2, -0.15) is 0 Å². The number of carbonyl (C=O) groups excluding carboxylic acids is 1. The van der Waals surface area contributed by atoms with Gasteiger partial charge in [-0.3, -0.25) is 9.59 Å². The lowest BCUT2D eigenvalue weighted by molar-refractivity contribution is -0.146. The number of aliphatic carboxylic acids is 1. The van der Waals surface area contributed by atoms with Crippen LogP contribution < -0.4 is 0 Å². The van der Waals surface area contributed by atoms with Crippen LogP contribution in [0.1, 0.15) is 25.3 Å². The monoisotopic (exact) mass is 368 g/mol. The quantitative estimate of drug-likeness (QED) is 0.779. The lowest BCUT2D eigenvalue weighted by Gasteiger charge is -2.33. The van der Waals surface area contributed by atoms with Gasteiger partial charge in [0.15, 0.2) is 0 Å². The van der Waals surface area contributed by atoms with Crippen molar-refractivity contribution in [3.8, 4) is 0 Å². The molecule has 1 N–H and O–H groups in total. The minimum Gasteiger partial charge on any atom is -0.480 e. The van der Waals surface area contributed by atoms with Gasteiger partial charge in [-0.05, 0) is 25.3 Å². The summed E-state index contributed by atoms with van der Waals surface area (Å²) >= 11 is 0. The maximum absolute atomic E-state index is 12.6. The molecule has 2 rings (SSSR count). The molecule has 1 unspecified atom stereocenters. The predicted molar refractivity (Wildman–Crippen MR) is 93.3 cm³/mol. The summed E-state index contributed by atoms with van der Waals surface area (Å²) in [6.45, 7) is 2.16. The van der Waals surface area contributed by atoms with Gasteiger partial charge in [-0.25, -0.2) is 12.7 Å². The highest BCUT2D eigenvalue weighted by Crippen LogP contribution is 2.23. The first kappa shape index (κ1) is 19.4. The minimum absolute atomic E-state index is 0.0959. The van der Waals surface area contributed by atoms with E-state index < -0.39 is 21.9 Å². The molecule has 1 aromatic rings. The van der Waals surface area contributed by atoms with Crippen molar-refractivity contribution < 1.29 is 23.1 Å². The van der Waals surface area contributed by atoms with Crippen LogP contribution in [0.15, 0.2) is 30.3 Å². The molecular formula is C17H24N2O5S. The molecular weight excluding hydrogens is 344 g/mol. The number of carbonyl (C=O) groups is 2. The van der Waals surface area contributed by atoms with Gasteiger partial charge < -0.3 is 10.0 Å². The maximum Gasteiger partial charge on any atom is 0.323 e. The van der Waals surface area contributed by atoms with Gasteiger partial charge in [0.05, 0.1) is 11.7 Å². The van der Waals surface area contributed by atoms with Crippen molar-refractivity contribution in [2.75, 3.05) is 26.2 Å². The Labute approximate surface area is 148 Å². The predicted octanol–water partition coefficient (Wildman–Crippen LogP) is 1.16. The zero-order chi connectivity index (χ0) is 18.4. The van der Waals surface area contributed by atoms with Gasteiger partial charge in [-0.1, -0.05) is 30.3 Å². The molecule has 1 saturated heterocycles. The topological polar surface area (TPSA) is 95.0 Å². The standard InChI is InChI=1S/C17H24N2O5S/c1-2-18(12-16(20)21)17(22)15-9-6-10-19(11-15)25(23,24)13-14-7-4-3-5-8-14/h3-5,7-8,15H,2,6,9-13H2,1H3,(H,20,21). The molecule has 1 fully saturated rings. The Kier molecular flexibility index (Phi) is 6.55. The molecule has 7 nitrogen and oxygen atoms in total. The first-order valence-corrected chi connectivity index (χ1v) is 9.96. The molecule has 0 spiro atoms. The fourth-order valence-corrected chi connectivity index (χ4v) is 4.65. The summed E-state index contributed by atoms with van der Waals surface area (Å²) in [7, 11) is -3.51. The highest BCUT2D eigenvalue weighted by molar-refractivity contribution is 7.88. The van der Waals surface area contributed by atoms with Gasteiger partial charge in [0.2, 0.25) is 15.9 Å². The third-order valence-electron chi connectivity index (χ3n) is 4.34. The molecule has 0 aromatic heterocycles. The molecule has 0 bridgehead atoms. The zero-order valence-electron chi connectivity index (χ0n) is 14.3. The third kappa shape index (κ3) is 5.27. The van der Waals surface area contributed by atoms with Crippen molar-refractivity contribution in [3.05, 3.63) is 35.9 Å². The Balaban J connectivity index is 2.06. The Bertz CT molecular complexity index is 705. The molecule has 0 aliphatic carbocycles. The highest BCUT2D eigenvalue weighted by atomic mass is 32.2. The van der Waals surface area contributed by atoms with Crippen molar-refractivity contribution >= 4 is 21.9 Å². The highest BCUT2D eigenvalue weighted by Gasteiger charge is 2.34. The van der Waals surface area contributed by atoms with Crippen molar-refractivity contribution in [2.24, 2.45) is 5.92 Å². The third-order valence-corrected chi connectivity index (χ3v) is 6.15. The minimum atomic E-state index is -3.51. The van der Waals surface area contributed by atoms with Crippen LogP contribution in [-0.4, -0.2) is 60.8 Å².